The molecule has 3 N–H and O–H groups in total. The smallest absolute Gasteiger partial charge is 0.177 e. The van der Waals surface area contributed by atoms with Crippen LogP contribution in [0.15, 0.2) is 18.3 Å². The molecule has 62 valence electrons. The highest BCUT2D eigenvalue weighted by Crippen LogP contribution is 2.11. The monoisotopic (exact) mass is 162 g/mol. The van der Waals surface area contributed by atoms with Gasteiger partial charge in [0.2, 0.25) is 0 Å². The fourth-order valence-electron chi connectivity index (χ4n) is 1.08. The maximum Gasteiger partial charge on any atom is 0.177 e. The number of rotatable bonds is 1. The van der Waals surface area contributed by atoms with Crippen LogP contribution in [0.3, 0.4) is 0 Å². The topological polar surface area (TPSA) is 67.6 Å². The third kappa shape index (κ3) is 1.06. The van der Waals surface area contributed by atoms with Crippen LogP contribution in [0.5, 0.6) is 0 Å². The lowest BCUT2D eigenvalue weighted by Gasteiger charge is -1.96. The second-order valence-electron chi connectivity index (χ2n) is 2.79. The molecule has 0 fully saturated rings. The van der Waals surface area contributed by atoms with E-state index in [0.717, 1.165) is 17.0 Å². The van der Waals surface area contributed by atoms with Gasteiger partial charge in [0, 0.05) is 6.20 Å². The minimum absolute atomic E-state index is 0.0702. The van der Waals surface area contributed by atoms with Gasteiger partial charge in [0.15, 0.2) is 5.65 Å². The molecular weight excluding hydrogens is 152 g/mol. The molecule has 12 heavy (non-hydrogen) atoms. The molecule has 0 aliphatic heterocycles. The van der Waals surface area contributed by atoms with Gasteiger partial charge in [-0.2, -0.15) is 0 Å². The van der Waals surface area contributed by atoms with Crippen LogP contribution in [0.2, 0.25) is 0 Å². The Balaban J connectivity index is 2.62. The number of hydrogen-bond acceptors (Lipinski definition) is 3. The Hall–Kier alpha value is -1.42. The van der Waals surface area contributed by atoms with Crippen molar-refractivity contribution in [2.75, 3.05) is 0 Å². The molecule has 0 aromatic carbocycles. The van der Waals surface area contributed by atoms with Crippen molar-refractivity contribution in [3.8, 4) is 0 Å². The summed E-state index contributed by atoms with van der Waals surface area (Å²) in [6.07, 6.45) is 1.72. The number of aromatic nitrogens is 3. The van der Waals surface area contributed by atoms with Crippen molar-refractivity contribution in [1.29, 1.82) is 0 Å². The first-order valence-electron chi connectivity index (χ1n) is 3.83. The first kappa shape index (κ1) is 7.24. The van der Waals surface area contributed by atoms with Gasteiger partial charge in [-0.15, -0.1) is 0 Å². The quantitative estimate of drug-likeness (QED) is 0.656. The van der Waals surface area contributed by atoms with E-state index in [2.05, 4.69) is 15.0 Å². The standard InChI is InChI=1S/C8H10N4/c1-5(9)7-11-6-3-2-4-10-8(6)12-7/h2-5H,9H2,1H3,(H,10,11,12)/t5-/m0/s1. The van der Waals surface area contributed by atoms with E-state index in [9.17, 15) is 0 Å². The molecule has 0 aliphatic rings. The van der Waals surface area contributed by atoms with Crippen molar-refractivity contribution in [1.82, 2.24) is 15.0 Å². The van der Waals surface area contributed by atoms with Gasteiger partial charge in [-0.25, -0.2) is 9.97 Å². The van der Waals surface area contributed by atoms with E-state index in [1.165, 1.54) is 0 Å². The third-order valence-electron chi connectivity index (χ3n) is 1.71. The van der Waals surface area contributed by atoms with Crippen molar-refractivity contribution in [2.24, 2.45) is 5.73 Å². The van der Waals surface area contributed by atoms with Crippen molar-refractivity contribution < 1.29 is 0 Å². The first-order valence-corrected chi connectivity index (χ1v) is 3.83. The summed E-state index contributed by atoms with van der Waals surface area (Å²) in [5.41, 5.74) is 7.32. The van der Waals surface area contributed by atoms with E-state index < -0.39 is 0 Å². The third-order valence-corrected chi connectivity index (χ3v) is 1.71. The Morgan fingerprint density at radius 1 is 1.58 bits per heavy atom. The van der Waals surface area contributed by atoms with Gasteiger partial charge in [-0.3, -0.25) is 0 Å². The first-order chi connectivity index (χ1) is 5.77. The van der Waals surface area contributed by atoms with Crippen LogP contribution in [0, 0.1) is 0 Å². The molecular formula is C8H10N4. The summed E-state index contributed by atoms with van der Waals surface area (Å²) < 4.78 is 0. The fourth-order valence-corrected chi connectivity index (χ4v) is 1.08. The normalized spacial score (nSPS) is 13.5. The summed E-state index contributed by atoms with van der Waals surface area (Å²) in [6.45, 7) is 1.89. The molecule has 0 aliphatic carbocycles. The van der Waals surface area contributed by atoms with Crippen molar-refractivity contribution in [3.05, 3.63) is 24.2 Å². The highest BCUT2D eigenvalue weighted by Gasteiger charge is 2.05. The number of pyridine rings is 1. The average Bonchev–Trinajstić information content (AvgIpc) is 2.46. The Morgan fingerprint density at radius 2 is 2.42 bits per heavy atom. The molecule has 4 heteroatoms. The van der Waals surface area contributed by atoms with Crippen LogP contribution in [0.4, 0.5) is 0 Å². The number of nitrogens with zero attached hydrogens (tertiary/aromatic N) is 2. The number of imidazole rings is 1. The van der Waals surface area contributed by atoms with Crippen LogP contribution in [-0.2, 0) is 0 Å². The van der Waals surface area contributed by atoms with Gasteiger partial charge >= 0.3 is 0 Å². The summed E-state index contributed by atoms with van der Waals surface area (Å²) >= 11 is 0. The Kier molecular flexibility index (Phi) is 1.55. The molecule has 2 aromatic heterocycles. The van der Waals surface area contributed by atoms with E-state index in [-0.39, 0.29) is 6.04 Å². The molecule has 0 bridgehead atoms. The van der Waals surface area contributed by atoms with Gasteiger partial charge in [0.05, 0.1) is 11.6 Å². The molecule has 0 saturated carbocycles. The van der Waals surface area contributed by atoms with Gasteiger partial charge in [0.25, 0.3) is 0 Å². The van der Waals surface area contributed by atoms with Crippen LogP contribution in [0.1, 0.15) is 18.8 Å². The molecule has 0 radical (unpaired) electrons. The lowest BCUT2D eigenvalue weighted by molar-refractivity contribution is 0.759. The maximum atomic E-state index is 5.66. The highest BCUT2D eigenvalue weighted by atomic mass is 15.0. The van der Waals surface area contributed by atoms with Crippen LogP contribution < -0.4 is 5.73 Å². The van der Waals surface area contributed by atoms with E-state index >= 15 is 0 Å². The van der Waals surface area contributed by atoms with E-state index in [1.54, 1.807) is 6.20 Å². The highest BCUT2D eigenvalue weighted by molar-refractivity contribution is 5.69. The molecule has 2 heterocycles. The molecule has 2 rings (SSSR count). The van der Waals surface area contributed by atoms with Crippen LogP contribution in [-0.4, -0.2) is 15.0 Å². The summed E-state index contributed by atoms with van der Waals surface area (Å²) in [4.78, 5) is 11.4. The Labute approximate surface area is 69.8 Å². The number of nitrogens with one attached hydrogen (secondary N) is 1. The van der Waals surface area contributed by atoms with E-state index in [1.807, 2.05) is 19.1 Å². The van der Waals surface area contributed by atoms with Crippen LogP contribution >= 0.6 is 0 Å². The molecule has 0 saturated heterocycles. The van der Waals surface area contributed by atoms with Gasteiger partial charge in [-0.05, 0) is 19.1 Å². The van der Waals surface area contributed by atoms with Crippen LogP contribution in [0.25, 0.3) is 11.2 Å². The number of hydrogen-bond donors (Lipinski definition) is 2. The molecule has 1 atom stereocenters. The average molecular weight is 162 g/mol. The summed E-state index contributed by atoms with van der Waals surface area (Å²) in [5, 5.41) is 0. The molecule has 4 nitrogen and oxygen atoms in total. The molecule has 0 unspecified atom stereocenters. The Morgan fingerprint density at radius 3 is 3.08 bits per heavy atom. The predicted octanol–water partition coefficient (Wildman–Crippen LogP) is 0.978. The van der Waals surface area contributed by atoms with Gasteiger partial charge in [-0.1, -0.05) is 0 Å². The maximum absolute atomic E-state index is 5.66. The van der Waals surface area contributed by atoms with E-state index in [4.69, 9.17) is 5.73 Å². The number of aromatic amines is 1. The summed E-state index contributed by atoms with van der Waals surface area (Å²) in [6, 6.07) is 3.73. The van der Waals surface area contributed by atoms with E-state index in [0.29, 0.717) is 0 Å². The van der Waals surface area contributed by atoms with Crippen molar-refractivity contribution in [3.63, 3.8) is 0 Å². The fraction of sp³-hybridized carbons (Fsp3) is 0.250. The minimum atomic E-state index is -0.0702. The van der Waals surface area contributed by atoms with Crippen molar-refractivity contribution in [2.45, 2.75) is 13.0 Å². The minimum Gasteiger partial charge on any atom is -0.339 e. The number of fused-ring (bicyclic) bond motifs is 1. The van der Waals surface area contributed by atoms with Crippen molar-refractivity contribution >= 4 is 11.2 Å². The van der Waals surface area contributed by atoms with Gasteiger partial charge in [0.1, 0.15) is 5.82 Å². The molecule has 0 amide bonds. The molecule has 0 spiro atoms. The summed E-state index contributed by atoms with van der Waals surface area (Å²) in [5.74, 6) is 0.781. The second kappa shape index (κ2) is 2.57. The lowest BCUT2D eigenvalue weighted by atomic mass is 10.3. The number of H-pyrrole nitrogens is 1. The zero-order valence-corrected chi connectivity index (χ0v) is 6.78. The second-order valence-corrected chi connectivity index (χ2v) is 2.79. The van der Waals surface area contributed by atoms with Gasteiger partial charge < -0.3 is 10.7 Å². The predicted molar refractivity (Wildman–Crippen MR) is 46.5 cm³/mol. The zero-order valence-electron chi connectivity index (χ0n) is 6.78. The largest absolute Gasteiger partial charge is 0.339 e. The SMILES string of the molecule is C[C@H](N)c1nc2ncccc2[nH]1. The summed E-state index contributed by atoms with van der Waals surface area (Å²) in [7, 11) is 0. The zero-order chi connectivity index (χ0) is 8.55. The lowest BCUT2D eigenvalue weighted by Crippen LogP contribution is -2.06. The molecule has 2 aromatic rings. The Bertz CT molecular complexity index is 358. The number of nitrogens with two attached hydrogens (primary N) is 1.